The van der Waals surface area contributed by atoms with Gasteiger partial charge < -0.3 is 10.6 Å². The lowest BCUT2D eigenvalue weighted by Crippen LogP contribution is -2.37. The van der Waals surface area contributed by atoms with Crippen LogP contribution in [0.15, 0.2) is 18.5 Å². The second kappa shape index (κ2) is 3.72. The molecule has 0 unspecified atom stereocenters. The summed E-state index contributed by atoms with van der Waals surface area (Å²) >= 11 is 0. The van der Waals surface area contributed by atoms with E-state index < -0.39 is 0 Å². The van der Waals surface area contributed by atoms with Gasteiger partial charge >= 0.3 is 0 Å². The topological polar surface area (TPSA) is 42.2 Å². The van der Waals surface area contributed by atoms with Gasteiger partial charge in [-0.15, -0.1) is 0 Å². The molecule has 3 nitrogen and oxygen atoms in total. The van der Waals surface area contributed by atoms with Crippen molar-refractivity contribution in [3.05, 3.63) is 18.5 Å². The first kappa shape index (κ1) is 10.3. The lowest BCUT2D eigenvalue weighted by Gasteiger charge is -2.38. The maximum Gasteiger partial charge on any atom is 0.0738 e. The molecule has 15 heavy (non-hydrogen) atoms. The molecule has 0 amide bonds. The van der Waals surface area contributed by atoms with E-state index in [-0.39, 0.29) is 0 Å². The van der Waals surface area contributed by atoms with Crippen molar-refractivity contribution in [2.45, 2.75) is 26.7 Å². The molecule has 0 aromatic carbocycles. The number of piperidine rings is 1. The van der Waals surface area contributed by atoms with E-state index in [2.05, 4.69) is 23.7 Å². The fraction of sp³-hybridized carbons (Fsp3) is 0.583. The second-order valence-corrected chi connectivity index (χ2v) is 5.09. The van der Waals surface area contributed by atoms with Gasteiger partial charge in [0.2, 0.25) is 0 Å². The van der Waals surface area contributed by atoms with Gasteiger partial charge in [0.15, 0.2) is 0 Å². The highest BCUT2D eigenvalue weighted by Crippen LogP contribution is 2.33. The number of hydrogen-bond acceptors (Lipinski definition) is 3. The first-order valence-corrected chi connectivity index (χ1v) is 5.53. The van der Waals surface area contributed by atoms with E-state index in [0.717, 1.165) is 24.5 Å². The molecule has 2 heterocycles. The smallest absolute Gasteiger partial charge is 0.0738 e. The number of aromatic nitrogens is 1. The fourth-order valence-corrected chi connectivity index (χ4v) is 2.04. The number of rotatable bonds is 1. The molecule has 1 aliphatic rings. The standard InChI is InChI=1S/C12H19N3/c1-12(2)4-7-15(8-5-12)11-3-6-14-9-10(11)13/h3,6,9H,4-5,7-8,13H2,1-2H3. The monoisotopic (exact) mass is 205 g/mol. The highest BCUT2D eigenvalue weighted by atomic mass is 15.1. The Labute approximate surface area is 91.3 Å². The van der Waals surface area contributed by atoms with E-state index in [9.17, 15) is 0 Å². The number of nitrogens with zero attached hydrogens (tertiary/aromatic N) is 2. The average Bonchev–Trinajstić information content (AvgIpc) is 2.19. The summed E-state index contributed by atoms with van der Waals surface area (Å²) in [7, 11) is 0. The molecule has 0 bridgehead atoms. The van der Waals surface area contributed by atoms with Crippen LogP contribution in [0.5, 0.6) is 0 Å². The Kier molecular flexibility index (Phi) is 2.55. The van der Waals surface area contributed by atoms with Crippen LogP contribution >= 0.6 is 0 Å². The van der Waals surface area contributed by atoms with Crippen LogP contribution in [0.1, 0.15) is 26.7 Å². The van der Waals surface area contributed by atoms with Gasteiger partial charge in [0.05, 0.1) is 17.6 Å². The molecular formula is C12H19N3. The van der Waals surface area contributed by atoms with E-state index in [0.29, 0.717) is 5.41 Å². The zero-order valence-corrected chi connectivity index (χ0v) is 9.53. The summed E-state index contributed by atoms with van der Waals surface area (Å²) in [6.45, 7) is 6.86. The summed E-state index contributed by atoms with van der Waals surface area (Å²) in [5.74, 6) is 0. The summed E-state index contributed by atoms with van der Waals surface area (Å²) in [4.78, 5) is 6.38. The van der Waals surface area contributed by atoms with Gasteiger partial charge in [0, 0.05) is 19.3 Å². The fourth-order valence-electron chi connectivity index (χ4n) is 2.04. The van der Waals surface area contributed by atoms with Crippen LogP contribution in [0.2, 0.25) is 0 Å². The van der Waals surface area contributed by atoms with Crippen LogP contribution in [-0.2, 0) is 0 Å². The molecule has 0 saturated carbocycles. The number of hydrogen-bond donors (Lipinski definition) is 1. The third-order valence-corrected chi connectivity index (χ3v) is 3.29. The molecule has 82 valence electrons. The van der Waals surface area contributed by atoms with E-state index in [1.54, 1.807) is 6.20 Å². The van der Waals surface area contributed by atoms with Crippen molar-refractivity contribution in [2.75, 3.05) is 23.7 Å². The largest absolute Gasteiger partial charge is 0.396 e. The summed E-state index contributed by atoms with van der Waals surface area (Å²) in [5, 5.41) is 0. The van der Waals surface area contributed by atoms with Crippen molar-refractivity contribution >= 4 is 11.4 Å². The van der Waals surface area contributed by atoms with E-state index in [4.69, 9.17) is 5.73 Å². The molecule has 0 atom stereocenters. The molecular weight excluding hydrogens is 186 g/mol. The molecule has 0 aliphatic carbocycles. The number of pyridine rings is 1. The predicted molar refractivity (Wildman–Crippen MR) is 63.9 cm³/mol. The van der Waals surface area contributed by atoms with Crippen LogP contribution in [0.25, 0.3) is 0 Å². The van der Waals surface area contributed by atoms with E-state index in [1.165, 1.54) is 12.8 Å². The molecule has 0 radical (unpaired) electrons. The molecule has 1 saturated heterocycles. The predicted octanol–water partition coefficient (Wildman–Crippen LogP) is 2.29. The number of nitrogen functional groups attached to an aromatic ring is 1. The van der Waals surface area contributed by atoms with Gasteiger partial charge in [-0.05, 0) is 24.3 Å². The Morgan fingerprint density at radius 3 is 2.60 bits per heavy atom. The summed E-state index contributed by atoms with van der Waals surface area (Å²) in [6.07, 6.45) is 6.00. The van der Waals surface area contributed by atoms with Crippen molar-refractivity contribution in [2.24, 2.45) is 5.41 Å². The maximum atomic E-state index is 5.91. The van der Waals surface area contributed by atoms with Gasteiger partial charge in [-0.1, -0.05) is 13.8 Å². The van der Waals surface area contributed by atoms with Crippen molar-refractivity contribution in [3.63, 3.8) is 0 Å². The SMILES string of the molecule is CC1(C)CCN(c2ccncc2N)CC1. The minimum absolute atomic E-state index is 0.484. The number of anilines is 2. The van der Waals surface area contributed by atoms with Crippen LogP contribution in [0.3, 0.4) is 0 Å². The quantitative estimate of drug-likeness (QED) is 0.765. The van der Waals surface area contributed by atoms with Crippen molar-refractivity contribution < 1.29 is 0 Å². The minimum Gasteiger partial charge on any atom is -0.396 e. The molecule has 2 rings (SSSR count). The third-order valence-electron chi connectivity index (χ3n) is 3.29. The summed E-state index contributed by atoms with van der Waals surface area (Å²) in [5.41, 5.74) is 8.33. The van der Waals surface area contributed by atoms with Gasteiger partial charge in [-0.2, -0.15) is 0 Å². The molecule has 0 spiro atoms. The zero-order valence-electron chi connectivity index (χ0n) is 9.53. The normalized spacial score (nSPS) is 20.3. The average molecular weight is 205 g/mol. The van der Waals surface area contributed by atoms with Crippen LogP contribution in [0, 0.1) is 5.41 Å². The Bertz CT molecular complexity index is 336. The van der Waals surface area contributed by atoms with Crippen molar-refractivity contribution in [3.8, 4) is 0 Å². The van der Waals surface area contributed by atoms with E-state index in [1.807, 2.05) is 12.3 Å². The Morgan fingerprint density at radius 2 is 2.00 bits per heavy atom. The minimum atomic E-state index is 0.484. The van der Waals surface area contributed by atoms with Crippen molar-refractivity contribution in [1.82, 2.24) is 4.98 Å². The Morgan fingerprint density at radius 1 is 1.33 bits per heavy atom. The van der Waals surface area contributed by atoms with E-state index >= 15 is 0 Å². The van der Waals surface area contributed by atoms with Gasteiger partial charge in [0.1, 0.15) is 0 Å². The Hall–Kier alpha value is -1.25. The van der Waals surface area contributed by atoms with Crippen LogP contribution in [-0.4, -0.2) is 18.1 Å². The molecule has 1 aromatic rings. The third kappa shape index (κ3) is 2.22. The van der Waals surface area contributed by atoms with Crippen LogP contribution < -0.4 is 10.6 Å². The first-order chi connectivity index (χ1) is 7.08. The highest BCUT2D eigenvalue weighted by molar-refractivity contribution is 5.66. The molecule has 1 aliphatic heterocycles. The molecule has 1 fully saturated rings. The zero-order chi connectivity index (χ0) is 10.9. The number of nitrogens with two attached hydrogens (primary N) is 1. The first-order valence-electron chi connectivity index (χ1n) is 5.53. The maximum absolute atomic E-state index is 5.91. The highest BCUT2D eigenvalue weighted by Gasteiger charge is 2.25. The van der Waals surface area contributed by atoms with Gasteiger partial charge in [0.25, 0.3) is 0 Å². The lowest BCUT2D eigenvalue weighted by molar-refractivity contribution is 0.280. The molecule has 1 aromatic heterocycles. The van der Waals surface area contributed by atoms with Crippen LogP contribution in [0.4, 0.5) is 11.4 Å². The molecule has 3 heteroatoms. The van der Waals surface area contributed by atoms with Gasteiger partial charge in [-0.25, -0.2) is 0 Å². The van der Waals surface area contributed by atoms with Crippen molar-refractivity contribution in [1.29, 1.82) is 0 Å². The summed E-state index contributed by atoms with van der Waals surface area (Å²) in [6, 6.07) is 2.01. The van der Waals surface area contributed by atoms with Gasteiger partial charge in [-0.3, -0.25) is 4.98 Å². The Balaban J connectivity index is 2.11. The molecule has 2 N–H and O–H groups in total. The second-order valence-electron chi connectivity index (χ2n) is 5.09. The summed E-state index contributed by atoms with van der Waals surface area (Å²) < 4.78 is 0. The lowest BCUT2D eigenvalue weighted by atomic mass is 9.82.